The van der Waals surface area contributed by atoms with E-state index in [1.165, 1.54) is 0 Å². The highest BCUT2D eigenvalue weighted by molar-refractivity contribution is 7.14. The van der Waals surface area contributed by atoms with Crippen molar-refractivity contribution in [1.29, 1.82) is 0 Å². The fourth-order valence-corrected chi connectivity index (χ4v) is 3.29. The normalized spacial score (nSPS) is 11.1. The predicted octanol–water partition coefficient (Wildman–Crippen LogP) is 3.86. The van der Waals surface area contributed by atoms with Gasteiger partial charge in [-0.25, -0.2) is 15.0 Å². The zero-order valence-corrected chi connectivity index (χ0v) is 14.2. The van der Waals surface area contributed by atoms with Crippen LogP contribution in [0.4, 0.5) is 10.8 Å². The van der Waals surface area contributed by atoms with E-state index in [9.17, 15) is 0 Å². The minimum atomic E-state index is 0.687. The molecule has 0 radical (unpaired) electrons. The molecule has 0 bridgehead atoms. The van der Waals surface area contributed by atoms with Crippen molar-refractivity contribution >= 4 is 27.9 Å². The van der Waals surface area contributed by atoms with Gasteiger partial charge in [0.15, 0.2) is 5.13 Å². The molecule has 120 valence electrons. The molecule has 0 aliphatic carbocycles. The first-order valence-corrected chi connectivity index (χ1v) is 8.60. The lowest BCUT2D eigenvalue weighted by Crippen LogP contribution is -1.94. The molecule has 0 saturated carbocycles. The minimum Gasteiger partial charge on any atom is -0.330 e. The van der Waals surface area contributed by atoms with Crippen LogP contribution in [0.15, 0.2) is 42.2 Å². The number of aryl methyl sites for hydroxylation is 2. The van der Waals surface area contributed by atoms with Crippen molar-refractivity contribution in [2.24, 2.45) is 0 Å². The van der Waals surface area contributed by atoms with Gasteiger partial charge in [-0.05, 0) is 31.5 Å². The quantitative estimate of drug-likeness (QED) is 0.613. The van der Waals surface area contributed by atoms with Crippen LogP contribution in [0.2, 0.25) is 0 Å². The zero-order valence-electron chi connectivity index (χ0n) is 13.4. The van der Waals surface area contributed by atoms with Gasteiger partial charge in [-0.2, -0.15) is 0 Å². The first kappa shape index (κ1) is 14.8. The number of hydrogen-bond donors (Lipinski definition) is 1. The lowest BCUT2D eigenvalue weighted by Gasteiger charge is -2.03. The Balaban J connectivity index is 1.65. The van der Waals surface area contributed by atoms with Gasteiger partial charge in [0.1, 0.15) is 5.69 Å². The van der Waals surface area contributed by atoms with Crippen LogP contribution in [-0.2, 0) is 6.42 Å². The maximum absolute atomic E-state index is 4.69. The monoisotopic (exact) mass is 336 g/mol. The van der Waals surface area contributed by atoms with Crippen LogP contribution in [0.1, 0.15) is 18.3 Å². The number of fused-ring (bicyclic) bond motifs is 1. The fourth-order valence-electron chi connectivity index (χ4n) is 2.58. The van der Waals surface area contributed by atoms with E-state index in [0.29, 0.717) is 5.78 Å². The van der Waals surface area contributed by atoms with Crippen LogP contribution in [0, 0.1) is 6.92 Å². The summed E-state index contributed by atoms with van der Waals surface area (Å²) < 4.78 is 1.96. The number of nitrogens with one attached hydrogen (secondary N) is 1. The van der Waals surface area contributed by atoms with Gasteiger partial charge >= 0.3 is 0 Å². The van der Waals surface area contributed by atoms with Gasteiger partial charge in [0.2, 0.25) is 5.78 Å². The van der Waals surface area contributed by atoms with E-state index in [1.807, 2.05) is 47.3 Å². The molecule has 0 aliphatic rings. The summed E-state index contributed by atoms with van der Waals surface area (Å²) in [5.41, 5.74) is 4.79. The Bertz CT molecular complexity index is 986. The molecule has 1 N–H and O–H groups in total. The van der Waals surface area contributed by atoms with Crippen LogP contribution in [-0.4, -0.2) is 24.3 Å². The standard InChI is InChI=1S/C17H16N6S/c1-3-12-5-6-13(9-19-12)21-17-22-14(10-24-17)15-11(2)20-16-18-7-4-8-23(15)16/h4-10H,3H2,1-2H3,(H,21,22). The van der Waals surface area contributed by atoms with E-state index in [1.54, 1.807) is 17.5 Å². The number of anilines is 2. The van der Waals surface area contributed by atoms with E-state index in [4.69, 9.17) is 4.98 Å². The molecule has 0 amide bonds. The zero-order chi connectivity index (χ0) is 16.5. The maximum atomic E-state index is 4.69. The molecule has 4 aromatic rings. The van der Waals surface area contributed by atoms with Gasteiger partial charge in [0.25, 0.3) is 0 Å². The molecule has 4 rings (SSSR count). The highest BCUT2D eigenvalue weighted by Gasteiger charge is 2.14. The molecule has 4 heterocycles. The number of rotatable bonds is 4. The topological polar surface area (TPSA) is 68.0 Å². The van der Waals surface area contributed by atoms with E-state index >= 15 is 0 Å². The molecular formula is C17H16N6S. The predicted molar refractivity (Wildman–Crippen MR) is 95.7 cm³/mol. The van der Waals surface area contributed by atoms with Crippen LogP contribution in [0.3, 0.4) is 0 Å². The molecule has 4 aromatic heterocycles. The van der Waals surface area contributed by atoms with Crippen LogP contribution in [0.25, 0.3) is 17.2 Å². The second-order valence-electron chi connectivity index (χ2n) is 5.39. The maximum Gasteiger partial charge on any atom is 0.234 e. The average molecular weight is 336 g/mol. The number of hydrogen-bond acceptors (Lipinski definition) is 6. The van der Waals surface area contributed by atoms with Crippen molar-refractivity contribution in [1.82, 2.24) is 24.3 Å². The highest BCUT2D eigenvalue weighted by atomic mass is 32.1. The Morgan fingerprint density at radius 3 is 2.92 bits per heavy atom. The van der Waals surface area contributed by atoms with Crippen molar-refractivity contribution in [3.63, 3.8) is 0 Å². The second-order valence-corrected chi connectivity index (χ2v) is 6.25. The van der Waals surface area contributed by atoms with E-state index in [-0.39, 0.29) is 0 Å². The van der Waals surface area contributed by atoms with Gasteiger partial charge in [-0.3, -0.25) is 9.38 Å². The summed E-state index contributed by atoms with van der Waals surface area (Å²) in [6, 6.07) is 5.94. The van der Waals surface area contributed by atoms with Crippen molar-refractivity contribution in [2.75, 3.05) is 5.32 Å². The summed E-state index contributed by atoms with van der Waals surface area (Å²) in [7, 11) is 0. The summed E-state index contributed by atoms with van der Waals surface area (Å²) in [5, 5.41) is 6.16. The third-order valence-corrected chi connectivity index (χ3v) is 4.52. The number of thiazole rings is 1. The van der Waals surface area contributed by atoms with E-state index in [0.717, 1.165) is 40.0 Å². The number of nitrogens with zero attached hydrogens (tertiary/aromatic N) is 5. The van der Waals surface area contributed by atoms with Gasteiger partial charge < -0.3 is 5.32 Å². The van der Waals surface area contributed by atoms with E-state index < -0.39 is 0 Å². The first-order chi connectivity index (χ1) is 11.7. The SMILES string of the molecule is CCc1ccc(Nc2nc(-c3c(C)nc4ncccn34)cs2)cn1. The summed E-state index contributed by atoms with van der Waals surface area (Å²) >= 11 is 1.56. The second kappa shape index (κ2) is 6.01. The average Bonchev–Trinajstić information content (AvgIpc) is 3.18. The van der Waals surface area contributed by atoms with Gasteiger partial charge in [-0.15, -0.1) is 11.3 Å². The Labute approximate surface area is 143 Å². The molecule has 0 fully saturated rings. The van der Waals surface area contributed by atoms with Gasteiger partial charge in [-0.1, -0.05) is 6.92 Å². The highest BCUT2D eigenvalue weighted by Crippen LogP contribution is 2.29. The third kappa shape index (κ3) is 2.63. The van der Waals surface area contributed by atoms with Crippen molar-refractivity contribution in [2.45, 2.75) is 20.3 Å². The summed E-state index contributed by atoms with van der Waals surface area (Å²) in [4.78, 5) is 17.9. The summed E-state index contributed by atoms with van der Waals surface area (Å²) in [6.07, 6.45) is 6.47. The molecule has 0 saturated heterocycles. The minimum absolute atomic E-state index is 0.687. The van der Waals surface area contributed by atoms with Crippen LogP contribution >= 0.6 is 11.3 Å². The van der Waals surface area contributed by atoms with E-state index in [2.05, 4.69) is 27.2 Å². The van der Waals surface area contributed by atoms with Gasteiger partial charge in [0, 0.05) is 23.5 Å². The first-order valence-electron chi connectivity index (χ1n) is 7.72. The Kier molecular flexibility index (Phi) is 3.70. The van der Waals surface area contributed by atoms with Crippen molar-refractivity contribution in [3.05, 3.63) is 53.6 Å². The van der Waals surface area contributed by atoms with Crippen molar-refractivity contribution < 1.29 is 0 Å². The number of pyridine rings is 1. The molecule has 7 heteroatoms. The van der Waals surface area contributed by atoms with Crippen molar-refractivity contribution in [3.8, 4) is 11.4 Å². The molecule has 0 spiro atoms. The Morgan fingerprint density at radius 1 is 1.21 bits per heavy atom. The Hall–Kier alpha value is -2.80. The molecular weight excluding hydrogens is 320 g/mol. The van der Waals surface area contributed by atoms with Crippen LogP contribution < -0.4 is 5.32 Å². The molecule has 0 unspecified atom stereocenters. The Morgan fingerprint density at radius 2 is 2.12 bits per heavy atom. The number of imidazole rings is 1. The summed E-state index contributed by atoms with van der Waals surface area (Å²) in [6.45, 7) is 4.07. The largest absolute Gasteiger partial charge is 0.330 e. The lowest BCUT2D eigenvalue weighted by molar-refractivity contribution is 1.04. The lowest BCUT2D eigenvalue weighted by atomic mass is 10.3. The molecule has 0 aliphatic heterocycles. The van der Waals surface area contributed by atoms with Crippen LogP contribution in [0.5, 0.6) is 0 Å². The smallest absolute Gasteiger partial charge is 0.234 e. The summed E-state index contributed by atoms with van der Waals surface area (Å²) in [5.74, 6) is 0.687. The third-order valence-electron chi connectivity index (χ3n) is 3.76. The molecule has 0 aromatic carbocycles. The molecule has 6 nitrogen and oxygen atoms in total. The number of aromatic nitrogens is 5. The van der Waals surface area contributed by atoms with Gasteiger partial charge in [0.05, 0.1) is 23.3 Å². The fraction of sp³-hybridized carbons (Fsp3) is 0.176. The molecule has 24 heavy (non-hydrogen) atoms. The molecule has 0 atom stereocenters.